The third-order valence-electron chi connectivity index (χ3n) is 2.98. The number of benzene rings is 1. The van der Waals surface area contributed by atoms with E-state index < -0.39 is 0 Å². The average molecular weight is 381 g/mol. The Hall–Kier alpha value is -2.10. The van der Waals surface area contributed by atoms with E-state index in [9.17, 15) is 4.79 Å². The zero-order chi connectivity index (χ0) is 17.1. The standard InChI is InChI=1S/C14H13ClN6OS2/c1-8-6-23-13(17-8)18-11(22)7-24-14-20-19-12(21(14)16)9-4-2-3-5-10(9)15/h2-6H,7,16H2,1H3,(H,17,18,22). The van der Waals surface area contributed by atoms with Crippen LogP contribution in [0.4, 0.5) is 5.13 Å². The first kappa shape index (κ1) is 16.7. The molecule has 0 unspecified atom stereocenters. The van der Waals surface area contributed by atoms with Crippen LogP contribution in [0, 0.1) is 6.92 Å². The van der Waals surface area contributed by atoms with Crippen molar-refractivity contribution < 1.29 is 4.79 Å². The van der Waals surface area contributed by atoms with Crippen LogP contribution in [0.15, 0.2) is 34.8 Å². The lowest BCUT2D eigenvalue weighted by molar-refractivity contribution is -0.113. The van der Waals surface area contributed by atoms with Crippen molar-refractivity contribution >= 4 is 45.7 Å². The van der Waals surface area contributed by atoms with Crippen molar-refractivity contribution in [1.82, 2.24) is 19.9 Å². The van der Waals surface area contributed by atoms with Gasteiger partial charge in [0.25, 0.3) is 0 Å². The quantitative estimate of drug-likeness (QED) is 0.521. The van der Waals surface area contributed by atoms with E-state index in [1.54, 1.807) is 6.07 Å². The minimum Gasteiger partial charge on any atom is -0.335 e. The summed E-state index contributed by atoms with van der Waals surface area (Å²) in [4.78, 5) is 16.1. The summed E-state index contributed by atoms with van der Waals surface area (Å²) in [7, 11) is 0. The van der Waals surface area contributed by atoms with Gasteiger partial charge in [-0.15, -0.1) is 21.5 Å². The lowest BCUT2D eigenvalue weighted by atomic mass is 10.2. The molecule has 0 radical (unpaired) electrons. The highest BCUT2D eigenvalue weighted by molar-refractivity contribution is 7.99. The van der Waals surface area contributed by atoms with E-state index in [2.05, 4.69) is 20.5 Å². The summed E-state index contributed by atoms with van der Waals surface area (Å²) in [6, 6.07) is 7.22. The first-order chi connectivity index (χ1) is 11.5. The van der Waals surface area contributed by atoms with Crippen LogP contribution in [0.25, 0.3) is 11.4 Å². The van der Waals surface area contributed by atoms with Gasteiger partial charge in [-0.3, -0.25) is 4.79 Å². The number of carbonyl (C=O) groups is 1. The monoisotopic (exact) mass is 380 g/mol. The molecule has 0 spiro atoms. The molecule has 7 nitrogen and oxygen atoms in total. The second-order valence-electron chi connectivity index (χ2n) is 4.79. The number of thiazole rings is 1. The molecule has 0 bridgehead atoms. The third kappa shape index (κ3) is 3.69. The van der Waals surface area contributed by atoms with Crippen LogP contribution >= 0.6 is 34.7 Å². The Morgan fingerprint density at radius 1 is 1.42 bits per heavy atom. The van der Waals surface area contributed by atoms with Crippen molar-refractivity contribution in [1.29, 1.82) is 0 Å². The van der Waals surface area contributed by atoms with Gasteiger partial charge >= 0.3 is 0 Å². The predicted molar refractivity (Wildman–Crippen MR) is 96.8 cm³/mol. The molecule has 0 fully saturated rings. The number of rotatable bonds is 5. The number of aryl methyl sites for hydroxylation is 1. The Morgan fingerprint density at radius 3 is 2.92 bits per heavy atom. The van der Waals surface area contributed by atoms with Gasteiger partial charge in [0.1, 0.15) is 0 Å². The number of aromatic nitrogens is 4. The summed E-state index contributed by atoms with van der Waals surface area (Å²) >= 11 is 8.72. The molecule has 0 saturated heterocycles. The van der Waals surface area contributed by atoms with Gasteiger partial charge in [0.05, 0.1) is 16.5 Å². The van der Waals surface area contributed by atoms with Crippen molar-refractivity contribution in [3.05, 3.63) is 40.4 Å². The van der Waals surface area contributed by atoms with E-state index in [0.29, 0.717) is 26.7 Å². The number of nitrogen functional groups attached to an aromatic ring is 1. The summed E-state index contributed by atoms with van der Waals surface area (Å²) in [5.41, 5.74) is 1.55. The lowest BCUT2D eigenvalue weighted by Crippen LogP contribution is -2.16. The van der Waals surface area contributed by atoms with Gasteiger partial charge in [-0.25, -0.2) is 9.66 Å². The number of nitrogens with two attached hydrogens (primary N) is 1. The maximum absolute atomic E-state index is 12.0. The number of halogens is 1. The predicted octanol–water partition coefficient (Wildman–Crippen LogP) is 2.81. The molecule has 0 aliphatic heterocycles. The Morgan fingerprint density at radius 2 is 2.21 bits per heavy atom. The fraction of sp³-hybridized carbons (Fsp3) is 0.143. The van der Waals surface area contributed by atoms with Crippen LogP contribution < -0.4 is 11.2 Å². The Labute approximate surface area is 151 Å². The summed E-state index contributed by atoms with van der Waals surface area (Å²) in [6.07, 6.45) is 0. The second kappa shape index (κ2) is 7.20. The van der Waals surface area contributed by atoms with E-state index in [4.69, 9.17) is 17.4 Å². The van der Waals surface area contributed by atoms with Gasteiger partial charge in [-0.05, 0) is 19.1 Å². The topological polar surface area (TPSA) is 98.7 Å². The molecule has 3 aromatic rings. The SMILES string of the molecule is Cc1csc(NC(=O)CSc2nnc(-c3ccccc3Cl)n2N)n1. The van der Waals surface area contributed by atoms with E-state index >= 15 is 0 Å². The lowest BCUT2D eigenvalue weighted by Gasteiger charge is -2.05. The van der Waals surface area contributed by atoms with Gasteiger partial charge in [-0.2, -0.15) is 0 Å². The first-order valence-corrected chi connectivity index (χ1v) is 9.09. The number of nitrogens with one attached hydrogen (secondary N) is 1. The Balaban J connectivity index is 1.66. The maximum atomic E-state index is 12.0. The fourth-order valence-corrected chi connectivity index (χ4v) is 3.48. The van der Waals surface area contributed by atoms with Crippen LogP contribution in [-0.4, -0.2) is 31.5 Å². The molecule has 0 atom stereocenters. The number of thioether (sulfide) groups is 1. The number of hydrogen-bond donors (Lipinski definition) is 2. The van der Waals surface area contributed by atoms with Crippen molar-refractivity contribution in [2.24, 2.45) is 0 Å². The normalized spacial score (nSPS) is 10.8. The molecule has 3 rings (SSSR count). The second-order valence-corrected chi connectivity index (χ2v) is 6.99. The van der Waals surface area contributed by atoms with E-state index in [0.717, 1.165) is 5.69 Å². The van der Waals surface area contributed by atoms with Crippen molar-refractivity contribution in [3.8, 4) is 11.4 Å². The molecule has 124 valence electrons. The highest BCUT2D eigenvalue weighted by Crippen LogP contribution is 2.27. The Bertz CT molecular complexity index is 878. The van der Waals surface area contributed by atoms with Gasteiger partial charge in [-0.1, -0.05) is 35.5 Å². The van der Waals surface area contributed by atoms with Gasteiger partial charge in [0, 0.05) is 10.9 Å². The molecule has 2 heterocycles. The summed E-state index contributed by atoms with van der Waals surface area (Å²) in [6.45, 7) is 1.87. The maximum Gasteiger partial charge on any atom is 0.236 e. The molecule has 0 aliphatic rings. The molecule has 0 aliphatic carbocycles. The van der Waals surface area contributed by atoms with Crippen LogP contribution in [0.2, 0.25) is 5.02 Å². The minimum absolute atomic E-state index is 0.149. The zero-order valence-corrected chi connectivity index (χ0v) is 15.0. The largest absolute Gasteiger partial charge is 0.335 e. The molecule has 10 heteroatoms. The summed E-state index contributed by atoms with van der Waals surface area (Å²) in [5, 5.41) is 14.2. The summed E-state index contributed by atoms with van der Waals surface area (Å²) in [5.74, 6) is 6.43. The van der Waals surface area contributed by atoms with Crippen molar-refractivity contribution in [2.75, 3.05) is 16.9 Å². The van der Waals surface area contributed by atoms with Gasteiger partial charge < -0.3 is 11.2 Å². The van der Waals surface area contributed by atoms with E-state index in [1.807, 2.05) is 30.5 Å². The molecule has 0 saturated carbocycles. The highest BCUT2D eigenvalue weighted by atomic mass is 35.5. The van der Waals surface area contributed by atoms with E-state index in [1.165, 1.54) is 27.8 Å². The molecule has 3 N–H and O–H groups in total. The van der Waals surface area contributed by atoms with E-state index in [-0.39, 0.29) is 11.7 Å². The average Bonchev–Trinajstić information content (AvgIpc) is 3.12. The molecule has 24 heavy (non-hydrogen) atoms. The number of nitrogens with zero attached hydrogens (tertiary/aromatic N) is 4. The van der Waals surface area contributed by atoms with Crippen LogP contribution in [0.5, 0.6) is 0 Å². The molecule has 1 aromatic carbocycles. The minimum atomic E-state index is -0.184. The van der Waals surface area contributed by atoms with Gasteiger partial charge in [0.2, 0.25) is 11.1 Å². The zero-order valence-electron chi connectivity index (χ0n) is 12.6. The fourth-order valence-electron chi connectivity index (χ4n) is 1.90. The number of carbonyl (C=O) groups excluding carboxylic acids is 1. The Kier molecular flexibility index (Phi) is 5.03. The van der Waals surface area contributed by atoms with Crippen molar-refractivity contribution in [2.45, 2.75) is 12.1 Å². The number of amides is 1. The number of anilines is 1. The third-order valence-corrected chi connectivity index (χ3v) is 5.13. The summed E-state index contributed by atoms with van der Waals surface area (Å²) < 4.78 is 1.33. The molecular weight excluding hydrogens is 368 g/mol. The smallest absolute Gasteiger partial charge is 0.236 e. The number of hydrogen-bond acceptors (Lipinski definition) is 7. The van der Waals surface area contributed by atoms with Gasteiger partial charge in [0.15, 0.2) is 11.0 Å². The highest BCUT2D eigenvalue weighted by Gasteiger charge is 2.16. The first-order valence-electron chi connectivity index (χ1n) is 6.85. The van der Waals surface area contributed by atoms with Crippen LogP contribution in [0.3, 0.4) is 0 Å². The molecule has 1 amide bonds. The molecular formula is C14H13ClN6OS2. The molecule has 2 aromatic heterocycles. The van der Waals surface area contributed by atoms with Crippen molar-refractivity contribution in [3.63, 3.8) is 0 Å². The van der Waals surface area contributed by atoms with Crippen LogP contribution in [-0.2, 0) is 4.79 Å². The van der Waals surface area contributed by atoms with Crippen LogP contribution in [0.1, 0.15) is 5.69 Å².